The van der Waals surface area contributed by atoms with E-state index in [2.05, 4.69) is 26.0 Å². The minimum atomic E-state index is 1.27. The summed E-state index contributed by atoms with van der Waals surface area (Å²) < 4.78 is 0. The van der Waals surface area contributed by atoms with Crippen molar-refractivity contribution in [2.45, 2.75) is 40.5 Å². The second-order valence-corrected chi connectivity index (χ2v) is 3.67. The molecule has 0 saturated heterocycles. The van der Waals surface area contributed by atoms with Crippen molar-refractivity contribution in [3.05, 3.63) is 22.6 Å². The molecule has 0 bridgehead atoms. The van der Waals surface area contributed by atoms with Crippen molar-refractivity contribution in [3.8, 4) is 0 Å². The van der Waals surface area contributed by atoms with Crippen LogP contribution in [0.5, 0.6) is 0 Å². The molecule has 0 aromatic carbocycles. The molecular formula is C11H20S. The van der Waals surface area contributed by atoms with Gasteiger partial charge in [0.05, 0.1) is 0 Å². The molecule has 1 rings (SSSR count). The Balaban J connectivity index is 0.000000561. The van der Waals surface area contributed by atoms with E-state index in [1.165, 1.54) is 29.1 Å². The fraction of sp³-hybridized carbons (Fsp3) is 0.636. The first-order valence-corrected chi connectivity index (χ1v) is 5.79. The summed E-state index contributed by atoms with van der Waals surface area (Å²) in [6.45, 7) is 8.29. The lowest BCUT2D eigenvalue weighted by atomic mass is 10.2. The topological polar surface area (TPSA) is 0 Å². The van der Waals surface area contributed by atoms with Gasteiger partial charge >= 0.3 is 0 Å². The Morgan fingerprint density at radius 2 is 2.17 bits per heavy atom. The highest BCUT2D eigenvalue weighted by molar-refractivity contribution is 8.03. The van der Waals surface area contributed by atoms with Crippen molar-refractivity contribution in [2.75, 3.05) is 5.75 Å². The summed E-state index contributed by atoms with van der Waals surface area (Å²) in [5, 5.41) is 0. The highest BCUT2D eigenvalue weighted by Gasteiger charge is 2.03. The van der Waals surface area contributed by atoms with E-state index in [9.17, 15) is 0 Å². The first-order chi connectivity index (χ1) is 5.84. The van der Waals surface area contributed by atoms with Crippen molar-refractivity contribution in [2.24, 2.45) is 0 Å². The lowest BCUT2D eigenvalue weighted by Gasteiger charge is -2.11. The van der Waals surface area contributed by atoms with Gasteiger partial charge in [-0.05, 0) is 38.0 Å². The smallest absolute Gasteiger partial charge is 0.00580 e. The van der Waals surface area contributed by atoms with Gasteiger partial charge in [0.2, 0.25) is 0 Å². The maximum Gasteiger partial charge on any atom is 0.00580 e. The van der Waals surface area contributed by atoms with Crippen LogP contribution in [0.25, 0.3) is 0 Å². The molecule has 12 heavy (non-hydrogen) atoms. The molecule has 0 unspecified atom stereocenters. The summed E-state index contributed by atoms with van der Waals surface area (Å²) in [7, 11) is 0. The minimum Gasteiger partial charge on any atom is -0.126 e. The zero-order chi connectivity index (χ0) is 9.40. The molecule has 0 aliphatic carbocycles. The van der Waals surface area contributed by atoms with Gasteiger partial charge in [0.1, 0.15) is 0 Å². The van der Waals surface area contributed by atoms with Gasteiger partial charge < -0.3 is 0 Å². The SMILES string of the molecule is C/C=C(\C)C1=CCCCS1.CC. The van der Waals surface area contributed by atoms with Gasteiger partial charge in [0.25, 0.3) is 0 Å². The fourth-order valence-electron chi connectivity index (χ4n) is 0.975. The summed E-state index contributed by atoms with van der Waals surface area (Å²) >= 11 is 1.99. The monoisotopic (exact) mass is 184 g/mol. The predicted octanol–water partition coefficient (Wildman–Crippen LogP) is 4.39. The molecule has 0 atom stereocenters. The van der Waals surface area contributed by atoms with E-state index in [-0.39, 0.29) is 0 Å². The van der Waals surface area contributed by atoms with Crippen molar-refractivity contribution in [3.63, 3.8) is 0 Å². The van der Waals surface area contributed by atoms with Gasteiger partial charge in [-0.25, -0.2) is 0 Å². The summed E-state index contributed by atoms with van der Waals surface area (Å²) in [5.74, 6) is 1.30. The van der Waals surface area contributed by atoms with E-state index < -0.39 is 0 Å². The minimum absolute atomic E-state index is 1.27. The third kappa shape index (κ3) is 4.01. The number of hydrogen-bond donors (Lipinski definition) is 0. The highest BCUT2D eigenvalue weighted by Crippen LogP contribution is 2.29. The summed E-state index contributed by atoms with van der Waals surface area (Å²) in [6.07, 6.45) is 7.16. The zero-order valence-corrected chi connectivity index (χ0v) is 9.50. The lowest BCUT2D eigenvalue weighted by molar-refractivity contribution is 0.958. The Bertz CT molecular complexity index is 166. The van der Waals surface area contributed by atoms with Crippen LogP contribution in [0, 0.1) is 0 Å². The van der Waals surface area contributed by atoms with E-state index in [4.69, 9.17) is 0 Å². The lowest BCUT2D eigenvalue weighted by Crippen LogP contribution is -1.90. The molecular weight excluding hydrogens is 164 g/mol. The van der Waals surface area contributed by atoms with E-state index in [1.807, 2.05) is 25.6 Å². The molecule has 0 fully saturated rings. The molecule has 0 N–H and O–H groups in total. The van der Waals surface area contributed by atoms with E-state index in [0.717, 1.165) is 0 Å². The van der Waals surface area contributed by atoms with Crippen LogP contribution < -0.4 is 0 Å². The fourth-order valence-corrected chi connectivity index (χ4v) is 2.09. The average Bonchev–Trinajstić information content (AvgIpc) is 2.21. The number of allylic oxidation sites excluding steroid dienone is 3. The summed E-state index contributed by atoms with van der Waals surface area (Å²) in [5.41, 5.74) is 1.43. The molecule has 0 spiro atoms. The normalized spacial score (nSPS) is 17.7. The third-order valence-electron chi connectivity index (χ3n) is 1.76. The standard InChI is InChI=1S/C9H14S.C2H6/c1-3-8(2)9-6-4-5-7-10-9;1-2/h3,6H,4-5,7H2,1-2H3;1-2H3/b8-3+;. The molecule has 1 aliphatic heterocycles. The predicted molar refractivity (Wildman–Crippen MR) is 60.6 cm³/mol. The maximum absolute atomic E-state index is 2.35. The molecule has 1 aliphatic rings. The van der Waals surface area contributed by atoms with Gasteiger partial charge in [0.15, 0.2) is 0 Å². The second-order valence-electron chi connectivity index (χ2n) is 2.53. The molecule has 0 saturated carbocycles. The summed E-state index contributed by atoms with van der Waals surface area (Å²) in [6, 6.07) is 0. The van der Waals surface area contributed by atoms with E-state index in [1.54, 1.807) is 0 Å². The van der Waals surface area contributed by atoms with Gasteiger partial charge in [-0.15, -0.1) is 11.8 Å². The first-order valence-electron chi connectivity index (χ1n) is 4.81. The Labute approximate surface area is 81.1 Å². The third-order valence-corrected chi connectivity index (χ3v) is 3.05. The Hall–Kier alpha value is -0.170. The molecule has 0 aromatic rings. The number of hydrogen-bond acceptors (Lipinski definition) is 1. The average molecular weight is 184 g/mol. The zero-order valence-electron chi connectivity index (χ0n) is 8.68. The van der Waals surface area contributed by atoms with Crippen LogP contribution in [0.2, 0.25) is 0 Å². The van der Waals surface area contributed by atoms with Crippen molar-refractivity contribution in [1.82, 2.24) is 0 Å². The Kier molecular flexibility index (Phi) is 7.37. The quantitative estimate of drug-likeness (QED) is 0.582. The van der Waals surface area contributed by atoms with Crippen LogP contribution in [0.4, 0.5) is 0 Å². The van der Waals surface area contributed by atoms with Gasteiger partial charge in [-0.2, -0.15) is 0 Å². The van der Waals surface area contributed by atoms with Gasteiger partial charge in [-0.3, -0.25) is 0 Å². The maximum atomic E-state index is 2.35. The largest absolute Gasteiger partial charge is 0.126 e. The molecule has 0 amide bonds. The summed E-state index contributed by atoms with van der Waals surface area (Å²) in [4.78, 5) is 1.49. The molecule has 1 heterocycles. The Morgan fingerprint density at radius 1 is 1.50 bits per heavy atom. The van der Waals surface area contributed by atoms with Crippen LogP contribution in [0.3, 0.4) is 0 Å². The molecule has 0 aromatic heterocycles. The number of thioether (sulfide) groups is 1. The molecule has 70 valence electrons. The van der Waals surface area contributed by atoms with E-state index >= 15 is 0 Å². The van der Waals surface area contributed by atoms with Crippen molar-refractivity contribution >= 4 is 11.8 Å². The van der Waals surface area contributed by atoms with Crippen LogP contribution in [0.15, 0.2) is 22.6 Å². The van der Waals surface area contributed by atoms with Crippen LogP contribution in [0.1, 0.15) is 40.5 Å². The van der Waals surface area contributed by atoms with E-state index in [0.29, 0.717) is 0 Å². The van der Waals surface area contributed by atoms with Crippen LogP contribution in [-0.2, 0) is 0 Å². The molecule has 0 nitrogen and oxygen atoms in total. The van der Waals surface area contributed by atoms with Crippen molar-refractivity contribution in [1.29, 1.82) is 0 Å². The van der Waals surface area contributed by atoms with Crippen LogP contribution in [-0.4, -0.2) is 5.75 Å². The first kappa shape index (κ1) is 11.8. The Morgan fingerprint density at radius 3 is 2.58 bits per heavy atom. The number of rotatable bonds is 1. The second kappa shape index (κ2) is 7.48. The van der Waals surface area contributed by atoms with Crippen molar-refractivity contribution < 1.29 is 0 Å². The molecule has 1 heteroatoms. The van der Waals surface area contributed by atoms with Crippen LogP contribution >= 0.6 is 11.8 Å². The van der Waals surface area contributed by atoms with Gasteiger partial charge in [0, 0.05) is 4.91 Å². The highest BCUT2D eigenvalue weighted by atomic mass is 32.2. The molecule has 0 radical (unpaired) electrons. The van der Waals surface area contributed by atoms with Gasteiger partial charge in [-0.1, -0.05) is 26.0 Å².